The highest BCUT2D eigenvalue weighted by molar-refractivity contribution is 6.67. The van der Waals surface area contributed by atoms with Crippen molar-refractivity contribution in [3.8, 4) is 11.5 Å². The van der Waals surface area contributed by atoms with Crippen LogP contribution < -0.4 is 20.5 Å². The molecule has 1 aromatic rings. The van der Waals surface area contributed by atoms with Crippen molar-refractivity contribution in [3.63, 3.8) is 0 Å². The van der Waals surface area contributed by atoms with Crippen LogP contribution in [0.3, 0.4) is 0 Å². The van der Waals surface area contributed by atoms with Gasteiger partial charge in [0.15, 0.2) is 11.5 Å². The van der Waals surface area contributed by atoms with Gasteiger partial charge in [0.05, 0.1) is 27.0 Å². The van der Waals surface area contributed by atoms with Gasteiger partial charge in [0.2, 0.25) is 3.79 Å². The normalized spacial score (nSPS) is 12.1. The van der Waals surface area contributed by atoms with Crippen LogP contribution >= 0.6 is 34.8 Å². The number of methoxy groups -OCH3 is 3. The van der Waals surface area contributed by atoms with Crippen LogP contribution in [0.15, 0.2) is 12.1 Å². The lowest BCUT2D eigenvalue weighted by Crippen LogP contribution is -2.43. The van der Waals surface area contributed by atoms with Crippen LogP contribution in [-0.2, 0) is 20.7 Å². The van der Waals surface area contributed by atoms with E-state index in [4.69, 9.17) is 54.7 Å². The molecule has 26 heavy (non-hydrogen) atoms. The molecule has 1 amide bonds. The van der Waals surface area contributed by atoms with E-state index in [0.717, 1.165) is 0 Å². The van der Waals surface area contributed by atoms with Crippen LogP contribution in [0.25, 0.3) is 0 Å². The maximum Gasteiger partial charge on any atom is 0.408 e. The molecule has 11 heteroatoms. The van der Waals surface area contributed by atoms with Gasteiger partial charge < -0.3 is 30.0 Å². The standard InChI is InChI=1S/C15H19Cl3N2O6/c1-23-11-6-8(4-9(19)12(11)24-2)5-10(13(21)25-3)20-14(22)26-7-15(16,17)18/h4,6,10H,5,7,19H2,1-3H3,(H,20,22)/t10-/m0/s1. The lowest BCUT2D eigenvalue weighted by Gasteiger charge is -2.19. The van der Waals surface area contributed by atoms with Crippen LogP contribution in [0.5, 0.6) is 11.5 Å². The molecule has 0 radical (unpaired) electrons. The summed E-state index contributed by atoms with van der Waals surface area (Å²) in [6.45, 7) is -0.485. The molecule has 0 bridgehead atoms. The molecule has 0 aliphatic carbocycles. The number of carbonyl (C=O) groups excluding carboxylic acids is 2. The number of esters is 1. The quantitative estimate of drug-likeness (QED) is 0.389. The van der Waals surface area contributed by atoms with Gasteiger partial charge in [-0.25, -0.2) is 9.59 Å². The zero-order chi connectivity index (χ0) is 19.9. The fourth-order valence-corrected chi connectivity index (χ4v) is 2.24. The van der Waals surface area contributed by atoms with Crippen molar-refractivity contribution in [2.75, 3.05) is 33.7 Å². The summed E-state index contributed by atoms with van der Waals surface area (Å²) in [6.07, 6.45) is -0.889. The second-order valence-corrected chi connectivity index (χ2v) is 7.55. The zero-order valence-corrected chi connectivity index (χ0v) is 16.6. The zero-order valence-electron chi connectivity index (χ0n) is 14.3. The number of hydrogen-bond donors (Lipinski definition) is 2. The van der Waals surface area contributed by atoms with Gasteiger partial charge in [0, 0.05) is 6.42 Å². The molecular weight excluding hydrogens is 411 g/mol. The first-order chi connectivity index (χ1) is 12.1. The van der Waals surface area contributed by atoms with E-state index in [2.05, 4.69) is 10.1 Å². The van der Waals surface area contributed by atoms with Gasteiger partial charge in [0.25, 0.3) is 0 Å². The molecule has 1 atom stereocenters. The molecule has 3 N–H and O–H groups in total. The topological polar surface area (TPSA) is 109 Å². The van der Waals surface area contributed by atoms with Gasteiger partial charge in [-0.05, 0) is 17.7 Å². The second kappa shape index (κ2) is 9.80. The third-order valence-corrected chi connectivity index (χ3v) is 3.48. The molecule has 0 unspecified atom stereocenters. The number of rotatable bonds is 7. The highest BCUT2D eigenvalue weighted by atomic mass is 35.6. The maximum atomic E-state index is 12.0. The van der Waals surface area contributed by atoms with E-state index in [1.54, 1.807) is 12.1 Å². The Morgan fingerprint density at radius 1 is 1.19 bits per heavy atom. The Hall–Kier alpha value is -1.77. The first-order valence-electron chi connectivity index (χ1n) is 7.19. The third-order valence-electron chi connectivity index (χ3n) is 3.15. The van der Waals surface area contributed by atoms with Crippen LogP contribution in [0, 0.1) is 0 Å². The van der Waals surface area contributed by atoms with Crippen molar-refractivity contribution in [1.29, 1.82) is 0 Å². The van der Waals surface area contributed by atoms with E-state index in [1.165, 1.54) is 21.3 Å². The summed E-state index contributed by atoms with van der Waals surface area (Å²) in [6, 6.07) is 2.16. The number of nitrogen functional groups attached to an aromatic ring is 1. The summed E-state index contributed by atoms with van der Waals surface area (Å²) >= 11 is 16.5. The number of halogens is 3. The number of nitrogens with one attached hydrogen (secondary N) is 1. The largest absolute Gasteiger partial charge is 0.493 e. The third kappa shape index (κ3) is 6.86. The fourth-order valence-electron chi connectivity index (χ4n) is 2.07. The van der Waals surface area contributed by atoms with Gasteiger partial charge in [-0.1, -0.05) is 34.8 Å². The fraction of sp³-hybridized carbons (Fsp3) is 0.467. The summed E-state index contributed by atoms with van der Waals surface area (Å²) < 4.78 is 18.0. The first-order valence-corrected chi connectivity index (χ1v) is 8.33. The summed E-state index contributed by atoms with van der Waals surface area (Å²) in [5.74, 6) is 0.0509. The van der Waals surface area contributed by atoms with Gasteiger partial charge in [-0.2, -0.15) is 0 Å². The van der Waals surface area contributed by atoms with E-state index >= 15 is 0 Å². The SMILES string of the molecule is COC(=O)[C@H](Cc1cc(N)c(OC)c(OC)c1)NC(=O)OCC(Cl)(Cl)Cl. The Morgan fingerprint density at radius 3 is 2.35 bits per heavy atom. The second-order valence-electron chi connectivity index (χ2n) is 5.04. The number of nitrogens with two attached hydrogens (primary N) is 1. The van der Waals surface area contributed by atoms with Crippen LogP contribution in [-0.4, -0.2) is 49.8 Å². The first kappa shape index (κ1) is 22.3. The number of carbonyl (C=O) groups is 2. The Balaban J connectivity index is 2.93. The Kier molecular flexibility index (Phi) is 8.39. The minimum Gasteiger partial charge on any atom is -0.493 e. The number of ether oxygens (including phenoxy) is 4. The molecule has 1 rings (SSSR count). The van der Waals surface area contributed by atoms with Crippen molar-refractivity contribution in [1.82, 2.24) is 5.32 Å². The van der Waals surface area contributed by atoms with E-state index in [0.29, 0.717) is 22.7 Å². The summed E-state index contributed by atoms with van der Waals surface area (Å²) in [7, 11) is 4.09. The smallest absolute Gasteiger partial charge is 0.408 e. The Labute approximate surface area is 165 Å². The molecule has 0 saturated heterocycles. The van der Waals surface area contributed by atoms with Crippen molar-refractivity contribution in [3.05, 3.63) is 17.7 Å². The van der Waals surface area contributed by atoms with Gasteiger partial charge in [-0.3, -0.25) is 0 Å². The summed E-state index contributed by atoms with van der Waals surface area (Å²) in [5.41, 5.74) is 6.82. The lowest BCUT2D eigenvalue weighted by atomic mass is 10.0. The molecule has 0 aromatic heterocycles. The molecule has 0 saturated carbocycles. The number of hydrogen-bond acceptors (Lipinski definition) is 7. The molecule has 8 nitrogen and oxygen atoms in total. The molecular formula is C15H19Cl3N2O6. The monoisotopic (exact) mass is 428 g/mol. The molecule has 0 heterocycles. The Bertz CT molecular complexity index is 651. The average Bonchev–Trinajstić information content (AvgIpc) is 2.57. The predicted octanol–water partition coefficient (Wildman–Crippen LogP) is 2.47. The lowest BCUT2D eigenvalue weighted by molar-refractivity contribution is -0.142. The molecule has 0 aliphatic rings. The van der Waals surface area contributed by atoms with E-state index < -0.39 is 28.5 Å². The number of alkyl halides is 3. The van der Waals surface area contributed by atoms with Crippen LogP contribution in [0.4, 0.5) is 10.5 Å². The van der Waals surface area contributed by atoms with Crippen molar-refractivity contribution >= 4 is 52.6 Å². The van der Waals surface area contributed by atoms with E-state index in [1.807, 2.05) is 0 Å². The molecule has 146 valence electrons. The van der Waals surface area contributed by atoms with Crippen LogP contribution in [0.1, 0.15) is 5.56 Å². The molecule has 0 aliphatic heterocycles. The highest BCUT2D eigenvalue weighted by Gasteiger charge is 2.26. The van der Waals surface area contributed by atoms with Gasteiger partial charge in [0.1, 0.15) is 12.6 Å². The average molecular weight is 430 g/mol. The minimum absolute atomic E-state index is 0.0557. The minimum atomic E-state index is -1.77. The number of amides is 1. The van der Waals surface area contributed by atoms with Crippen molar-refractivity contribution in [2.24, 2.45) is 0 Å². The number of alkyl carbamates (subject to hydrolysis) is 1. The van der Waals surface area contributed by atoms with Crippen LogP contribution in [0.2, 0.25) is 0 Å². The summed E-state index contributed by atoms with van der Waals surface area (Å²) in [5, 5.41) is 2.35. The Morgan fingerprint density at radius 2 is 1.85 bits per heavy atom. The number of benzene rings is 1. The number of anilines is 1. The van der Waals surface area contributed by atoms with Crippen molar-refractivity contribution in [2.45, 2.75) is 16.3 Å². The van der Waals surface area contributed by atoms with Crippen molar-refractivity contribution < 1.29 is 28.5 Å². The molecule has 0 spiro atoms. The summed E-state index contributed by atoms with van der Waals surface area (Å²) in [4.78, 5) is 23.8. The highest BCUT2D eigenvalue weighted by Crippen LogP contribution is 2.34. The van der Waals surface area contributed by atoms with E-state index in [-0.39, 0.29) is 6.42 Å². The molecule has 1 aromatic carbocycles. The molecule has 0 fully saturated rings. The predicted molar refractivity (Wildman–Crippen MR) is 98.2 cm³/mol. The van der Waals surface area contributed by atoms with Gasteiger partial charge in [-0.15, -0.1) is 0 Å². The maximum absolute atomic E-state index is 12.0. The van der Waals surface area contributed by atoms with E-state index in [9.17, 15) is 9.59 Å². The van der Waals surface area contributed by atoms with Gasteiger partial charge >= 0.3 is 12.1 Å².